The van der Waals surface area contributed by atoms with Gasteiger partial charge in [-0.1, -0.05) is 30.4 Å². The van der Waals surface area contributed by atoms with E-state index in [1.54, 1.807) is 11.0 Å². The number of para-hydroxylation sites is 1. The van der Waals surface area contributed by atoms with Gasteiger partial charge in [0.15, 0.2) is 0 Å². The molecule has 19 heavy (non-hydrogen) atoms. The Balaban J connectivity index is 1.98. The maximum absolute atomic E-state index is 5.49. The Morgan fingerprint density at radius 1 is 1.32 bits per heavy atom. The van der Waals surface area contributed by atoms with Gasteiger partial charge in [-0.15, -0.1) is 5.10 Å². The molecule has 0 aliphatic rings. The molecule has 0 bridgehead atoms. The molecule has 0 saturated heterocycles. The molecule has 3 aromatic rings. The highest BCUT2D eigenvalue weighted by Crippen LogP contribution is 2.17. The summed E-state index contributed by atoms with van der Waals surface area (Å²) in [6, 6.07) is 8.07. The molecule has 2 N–H and O–H groups in total. The number of hydrogen-bond donors (Lipinski definition) is 1. The first kappa shape index (κ1) is 11.8. The van der Waals surface area contributed by atoms with Crippen LogP contribution in [0.4, 0.5) is 0 Å². The summed E-state index contributed by atoms with van der Waals surface area (Å²) >= 11 is 4.84. The van der Waals surface area contributed by atoms with Crippen LogP contribution in [0.3, 0.4) is 0 Å². The van der Waals surface area contributed by atoms with Gasteiger partial charge in [0, 0.05) is 12.4 Å². The molecule has 0 unspecified atom stereocenters. The summed E-state index contributed by atoms with van der Waals surface area (Å²) in [6.45, 7) is 0.539. The van der Waals surface area contributed by atoms with E-state index in [1.807, 2.05) is 36.0 Å². The zero-order valence-electron chi connectivity index (χ0n) is 10.3. The van der Waals surface area contributed by atoms with Crippen molar-refractivity contribution in [3.63, 3.8) is 0 Å². The number of hydrogen-bond acceptors (Lipinski definition) is 4. The highest BCUT2D eigenvalue weighted by Gasteiger charge is 2.10. The summed E-state index contributed by atoms with van der Waals surface area (Å²) in [6.07, 6.45) is 1.61. The van der Waals surface area contributed by atoms with Crippen LogP contribution in [0.5, 0.6) is 0 Å². The predicted octanol–water partition coefficient (Wildman–Crippen LogP) is 0.847. The van der Waals surface area contributed by atoms with Gasteiger partial charge in [0.05, 0.1) is 17.8 Å². The third-order valence-corrected chi connectivity index (χ3v) is 3.09. The lowest BCUT2D eigenvalue weighted by Crippen LogP contribution is -2.12. The fourth-order valence-corrected chi connectivity index (χ4v) is 2.14. The molecule has 0 atom stereocenters. The van der Waals surface area contributed by atoms with E-state index >= 15 is 0 Å². The van der Waals surface area contributed by atoms with Gasteiger partial charge in [-0.2, -0.15) is 5.10 Å². The zero-order valence-corrected chi connectivity index (χ0v) is 11.1. The minimum absolute atomic E-state index is 0.199. The van der Waals surface area contributed by atoms with E-state index in [0.717, 1.165) is 16.6 Å². The van der Waals surface area contributed by atoms with Gasteiger partial charge in [0.1, 0.15) is 11.3 Å². The lowest BCUT2D eigenvalue weighted by molar-refractivity contribution is 0.653. The van der Waals surface area contributed by atoms with Crippen LogP contribution >= 0.6 is 12.2 Å². The Morgan fingerprint density at radius 3 is 2.84 bits per heavy atom. The molecule has 2 aromatic heterocycles. The van der Waals surface area contributed by atoms with Gasteiger partial charge in [-0.25, -0.2) is 9.67 Å². The van der Waals surface area contributed by atoms with Crippen LogP contribution in [0.1, 0.15) is 11.5 Å². The van der Waals surface area contributed by atoms with Gasteiger partial charge in [-0.05, 0) is 6.07 Å². The number of nitrogens with two attached hydrogens (primary N) is 1. The average molecular weight is 272 g/mol. The molecule has 1 aromatic carbocycles. The monoisotopic (exact) mass is 272 g/mol. The molecule has 2 heterocycles. The second-order valence-corrected chi connectivity index (χ2v) is 4.66. The molecule has 0 saturated carbocycles. The van der Waals surface area contributed by atoms with Crippen molar-refractivity contribution in [1.29, 1.82) is 0 Å². The molecule has 7 heteroatoms. The molecule has 0 spiro atoms. The average Bonchev–Trinajstić information content (AvgIpc) is 2.97. The van der Waals surface area contributed by atoms with E-state index in [9.17, 15) is 0 Å². The van der Waals surface area contributed by atoms with Crippen molar-refractivity contribution in [3.8, 4) is 0 Å². The summed E-state index contributed by atoms with van der Waals surface area (Å²) in [7, 11) is 1.92. The second-order valence-electron chi connectivity index (χ2n) is 4.22. The minimum Gasteiger partial charge on any atom is -0.387 e. The molecule has 0 aliphatic carbocycles. The highest BCUT2D eigenvalue weighted by molar-refractivity contribution is 7.80. The third kappa shape index (κ3) is 2.08. The lowest BCUT2D eigenvalue weighted by Gasteiger charge is -1.97. The summed E-state index contributed by atoms with van der Waals surface area (Å²) in [4.78, 5) is 4.25. The van der Waals surface area contributed by atoms with Crippen molar-refractivity contribution in [1.82, 2.24) is 24.5 Å². The molecule has 0 amide bonds. The molecule has 0 aliphatic heterocycles. The summed E-state index contributed by atoms with van der Waals surface area (Å²) < 4.78 is 3.54. The van der Waals surface area contributed by atoms with Crippen LogP contribution in [0, 0.1) is 0 Å². The van der Waals surface area contributed by atoms with Crippen molar-refractivity contribution in [2.45, 2.75) is 6.54 Å². The fourth-order valence-electron chi connectivity index (χ4n) is 2.04. The van der Waals surface area contributed by atoms with E-state index in [4.69, 9.17) is 18.0 Å². The first-order valence-electron chi connectivity index (χ1n) is 5.75. The van der Waals surface area contributed by atoms with E-state index in [-0.39, 0.29) is 4.99 Å². The van der Waals surface area contributed by atoms with Gasteiger partial charge >= 0.3 is 0 Å². The SMILES string of the molecule is Cn1nc(Cn2cnc(C(N)=S)n2)c2ccccc21. The second kappa shape index (κ2) is 4.43. The van der Waals surface area contributed by atoms with Gasteiger partial charge in [-0.3, -0.25) is 4.68 Å². The number of aryl methyl sites for hydroxylation is 1. The number of aromatic nitrogens is 5. The van der Waals surface area contributed by atoms with Crippen molar-refractivity contribution in [2.75, 3.05) is 0 Å². The summed E-state index contributed by atoms with van der Waals surface area (Å²) in [5.41, 5.74) is 7.52. The molecule has 0 fully saturated rings. The van der Waals surface area contributed by atoms with Crippen molar-refractivity contribution in [3.05, 3.63) is 42.1 Å². The predicted molar refractivity (Wildman–Crippen MR) is 75.7 cm³/mol. The smallest absolute Gasteiger partial charge is 0.208 e. The van der Waals surface area contributed by atoms with Gasteiger partial charge in [0.2, 0.25) is 5.82 Å². The van der Waals surface area contributed by atoms with E-state index in [1.165, 1.54) is 0 Å². The van der Waals surface area contributed by atoms with Crippen LogP contribution in [-0.4, -0.2) is 29.5 Å². The highest BCUT2D eigenvalue weighted by atomic mass is 32.1. The molecule has 0 radical (unpaired) electrons. The first-order chi connectivity index (χ1) is 9.15. The van der Waals surface area contributed by atoms with Crippen LogP contribution in [0.25, 0.3) is 10.9 Å². The number of thiocarbonyl (C=S) groups is 1. The van der Waals surface area contributed by atoms with Crippen molar-refractivity contribution < 1.29 is 0 Å². The molecule has 96 valence electrons. The van der Waals surface area contributed by atoms with Crippen LogP contribution in [-0.2, 0) is 13.6 Å². The number of benzene rings is 1. The van der Waals surface area contributed by atoms with Crippen LogP contribution < -0.4 is 5.73 Å². The van der Waals surface area contributed by atoms with Crippen LogP contribution in [0.2, 0.25) is 0 Å². The van der Waals surface area contributed by atoms with Gasteiger partial charge < -0.3 is 5.73 Å². The lowest BCUT2D eigenvalue weighted by atomic mass is 10.2. The Hall–Kier alpha value is -2.28. The molecule has 3 rings (SSSR count). The van der Waals surface area contributed by atoms with E-state index < -0.39 is 0 Å². The Morgan fingerprint density at radius 2 is 2.11 bits per heavy atom. The van der Waals surface area contributed by atoms with Crippen molar-refractivity contribution >= 4 is 28.1 Å². The zero-order chi connectivity index (χ0) is 13.4. The summed E-state index contributed by atoms with van der Waals surface area (Å²) in [5.74, 6) is 0.384. The standard InChI is InChI=1S/C12H12N6S/c1-17-10-5-3-2-4-8(10)9(15-17)6-18-7-14-12(16-18)11(13)19/h2-5,7H,6H2,1H3,(H2,13,19). The largest absolute Gasteiger partial charge is 0.387 e. The number of rotatable bonds is 3. The normalized spacial score (nSPS) is 11.0. The Bertz CT molecular complexity index is 757. The Labute approximate surface area is 114 Å². The number of nitrogens with zero attached hydrogens (tertiary/aromatic N) is 5. The first-order valence-corrected chi connectivity index (χ1v) is 6.16. The van der Waals surface area contributed by atoms with Crippen molar-refractivity contribution in [2.24, 2.45) is 12.8 Å². The quantitative estimate of drug-likeness (QED) is 0.715. The topological polar surface area (TPSA) is 74.5 Å². The maximum Gasteiger partial charge on any atom is 0.208 e. The van der Waals surface area contributed by atoms with E-state index in [0.29, 0.717) is 12.4 Å². The molecule has 6 nitrogen and oxygen atoms in total. The van der Waals surface area contributed by atoms with Crippen LogP contribution in [0.15, 0.2) is 30.6 Å². The minimum atomic E-state index is 0.199. The summed E-state index contributed by atoms with van der Waals surface area (Å²) in [5, 5.41) is 9.82. The Kier molecular flexibility index (Phi) is 2.75. The third-order valence-electron chi connectivity index (χ3n) is 2.90. The van der Waals surface area contributed by atoms with Gasteiger partial charge in [0.25, 0.3) is 0 Å². The molecular weight excluding hydrogens is 260 g/mol. The van der Waals surface area contributed by atoms with E-state index in [2.05, 4.69) is 15.2 Å². The maximum atomic E-state index is 5.49. The number of fused-ring (bicyclic) bond motifs is 1. The molecular formula is C12H12N6S. The fraction of sp³-hybridized carbons (Fsp3) is 0.167.